The van der Waals surface area contributed by atoms with Gasteiger partial charge in [-0.25, -0.2) is 0 Å². The second-order valence-electron chi connectivity index (χ2n) is 10.3. The SMILES string of the molecule is CCCC[C@H](C)[C@@H]1C(=O)N(CCCc2ccccc2)C=CN1C(=O)[C@@H](NC(C)=O)C1CCCCC1. The summed E-state index contributed by atoms with van der Waals surface area (Å²) >= 11 is 0. The molecule has 1 heterocycles. The standard InChI is InChI=1S/C29H43N3O3/c1-4-5-13-22(2)27-29(35)31(19-12-16-24-14-8-6-9-15-24)20-21-32(27)28(34)26(30-23(3)33)25-17-10-7-11-18-25/h6,8-9,14-15,20-22,25-27H,4-5,7,10-13,16-19H2,1-3H3,(H,30,33)/t22-,26-,27+/m0/s1. The minimum absolute atomic E-state index is 0.0114. The van der Waals surface area contributed by atoms with E-state index in [-0.39, 0.29) is 29.6 Å². The summed E-state index contributed by atoms with van der Waals surface area (Å²) in [4.78, 5) is 43.0. The summed E-state index contributed by atoms with van der Waals surface area (Å²) in [6, 6.07) is 9.19. The van der Waals surface area contributed by atoms with E-state index in [1.54, 1.807) is 22.2 Å². The monoisotopic (exact) mass is 481 g/mol. The minimum atomic E-state index is -0.573. The van der Waals surface area contributed by atoms with Crippen LogP contribution in [0.1, 0.15) is 84.1 Å². The Hall–Kier alpha value is -2.63. The van der Waals surface area contributed by atoms with Crippen molar-refractivity contribution < 1.29 is 14.4 Å². The van der Waals surface area contributed by atoms with Gasteiger partial charge in [-0.2, -0.15) is 0 Å². The van der Waals surface area contributed by atoms with Gasteiger partial charge in [-0.15, -0.1) is 0 Å². The topological polar surface area (TPSA) is 69.7 Å². The van der Waals surface area contributed by atoms with Gasteiger partial charge in [0, 0.05) is 25.9 Å². The van der Waals surface area contributed by atoms with Crippen molar-refractivity contribution in [3.63, 3.8) is 0 Å². The van der Waals surface area contributed by atoms with Crippen molar-refractivity contribution in [1.29, 1.82) is 0 Å². The molecule has 6 heteroatoms. The van der Waals surface area contributed by atoms with Crippen LogP contribution in [0.3, 0.4) is 0 Å². The molecule has 1 N–H and O–H groups in total. The number of aryl methyl sites for hydroxylation is 1. The summed E-state index contributed by atoms with van der Waals surface area (Å²) in [6.07, 6.45) is 13.5. The van der Waals surface area contributed by atoms with Crippen LogP contribution in [0, 0.1) is 11.8 Å². The number of unbranched alkanes of at least 4 members (excludes halogenated alkanes) is 1. The van der Waals surface area contributed by atoms with Crippen molar-refractivity contribution in [1.82, 2.24) is 15.1 Å². The van der Waals surface area contributed by atoms with Crippen LogP contribution >= 0.6 is 0 Å². The Morgan fingerprint density at radius 3 is 2.43 bits per heavy atom. The third-order valence-electron chi connectivity index (χ3n) is 7.50. The number of carbonyl (C=O) groups is 3. The fourth-order valence-corrected chi connectivity index (χ4v) is 5.53. The maximum Gasteiger partial charge on any atom is 0.250 e. The van der Waals surface area contributed by atoms with Gasteiger partial charge in [0.15, 0.2) is 0 Å². The molecule has 192 valence electrons. The molecule has 35 heavy (non-hydrogen) atoms. The second kappa shape index (κ2) is 13.5. The molecular formula is C29H43N3O3. The zero-order valence-corrected chi connectivity index (χ0v) is 21.7. The Bertz CT molecular complexity index is 863. The highest BCUT2D eigenvalue weighted by molar-refractivity contribution is 5.94. The minimum Gasteiger partial charge on any atom is -0.344 e. The molecule has 3 rings (SSSR count). The maximum atomic E-state index is 13.9. The van der Waals surface area contributed by atoms with Gasteiger partial charge in [-0.3, -0.25) is 14.4 Å². The molecule has 1 saturated carbocycles. The van der Waals surface area contributed by atoms with Crippen LogP contribution in [0.5, 0.6) is 0 Å². The molecule has 3 amide bonds. The first-order chi connectivity index (χ1) is 16.9. The third-order valence-corrected chi connectivity index (χ3v) is 7.50. The van der Waals surface area contributed by atoms with E-state index in [1.807, 2.05) is 18.2 Å². The average molecular weight is 482 g/mol. The summed E-state index contributed by atoms with van der Waals surface area (Å²) in [5.41, 5.74) is 1.26. The Balaban J connectivity index is 1.78. The van der Waals surface area contributed by atoms with E-state index in [4.69, 9.17) is 0 Å². The van der Waals surface area contributed by atoms with Gasteiger partial charge >= 0.3 is 0 Å². The number of rotatable bonds is 11. The van der Waals surface area contributed by atoms with Crippen molar-refractivity contribution in [2.45, 2.75) is 97.1 Å². The van der Waals surface area contributed by atoms with E-state index in [2.05, 4.69) is 31.3 Å². The number of hydrogen-bond donors (Lipinski definition) is 1. The lowest BCUT2D eigenvalue weighted by Crippen LogP contribution is -2.59. The van der Waals surface area contributed by atoms with Gasteiger partial charge in [0.25, 0.3) is 0 Å². The van der Waals surface area contributed by atoms with Crippen LogP contribution in [0.2, 0.25) is 0 Å². The van der Waals surface area contributed by atoms with E-state index < -0.39 is 12.1 Å². The van der Waals surface area contributed by atoms with Crippen molar-refractivity contribution in [2.75, 3.05) is 6.54 Å². The first-order valence-corrected chi connectivity index (χ1v) is 13.5. The smallest absolute Gasteiger partial charge is 0.250 e. The van der Waals surface area contributed by atoms with Gasteiger partial charge in [0.1, 0.15) is 12.1 Å². The Morgan fingerprint density at radius 1 is 1.06 bits per heavy atom. The largest absolute Gasteiger partial charge is 0.344 e. The summed E-state index contributed by atoms with van der Waals surface area (Å²) in [7, 11) is 0. The molecular weight excluding hydrogens is 438 g/mol. The predicted octanol–water partition coefficient (Wildman–Crippen LogP) is 5.04. The van der Waals surface area contributed by atoms with Gasteiger partial charge in [0.2, 0.25) is 17.7 Å². The van der Waals surface area contributed by atoms with Crippen LogP contribution in [-0.2, 0) is 20.8 Å². The molecule has 1 aliphatic carbocycles. The Morgan fingerprint density at radius 2 is 1.77 bits per heavy atom. The van der Waals surface area contributed by atoms with E-state index in [0.29, 0.717) is 6.54 Å². The maximum absolute atomic E-state index is 13.9. The van der Waals surface area contributed by atoms with E-state index >= 15 is 0 Å². The zero-order chi connectivity index (χ0) is 25.2. The fourth-order valence-electron chi connectivity index (χ4n) is 5.53. The summed E-state index contributed by atoms with van der Waals surface area (Å²) in [6.45, 7) is 6.31. The number of nitrogens with zero attached hydrogens (tertiary/aromatic N) is 2. The quantitative estimate of drug-likeness (QED) is 0.481. The van der Waals surface area contributed by atoms with Crippen LogP contribution < -0.4 is 5.32 Å². The normalized spacial score (nSPS) is 20.5. The summed E-state index contributed by atoms with van der Waals surface area (Å²) in [5, 5.41) is 2.94. The van der Waals surface area contributed by atoms with Crippen molar-refractivity contribution >= 4 is 17.7 Å². The lowest BCUT2D eigenvalue weighted by Gasteiger charge is -2.41. The predicted molar refractivity (Wildman–Crippen MR) is 139 cm³/mol. The van der Waals surface area contributed by atoms with Crippen LogP contribution in [-0.4, -0.2) is 46.1 Å². The highest BCUT2D eigenvalue weighted by Crippen LogP contribution is 2.30. The molecule has 3 atom stereocenters. The van der Waals surface area contributed by atoms with Gasteiger partial charge in [-0.1, -0.05) is 76.3 Å². The van der Waals surface area contributed by atoms with Crippen molar-refractivity contribution in [3.8, 4) is 0 Å². The lowest BCUT2D eigenvalue weighted by atomic mass is 9.82. The molecule has 0 saturated heterocycles. The fraction of sp³-hybridized carbons (Fsp3) is 0.621. The van der Waals surface area contributed by atoms with Crippen LogP contribution in [0.4, 0.5) is 0 Å². The van der Waals surface area contributed by atoms with E-state index in [9.17, 15) is 14.4 Å². The highest BCUT2D eigenvalue weighted by atomic mass is 16.2. The van der Waals surface area contributed by atoms with Crippen molar-refractivity contribution in [2.24, 2.45) is 11.8 Å². The Kier molecular flexibility index (Phi) is 10.4. The molecule has 1 aromatic carbocycles. The van der Waals surface area contributed by atoms with Crippen molar-refractivity contribution in [3.05, 3.63) is 48.3 Å². The Labute approximate surface area is 211 Å². The zero-order valence-electron chi connectivity index (χ0n) is 21.7. The summed E-state index contributed by atoms with van der Waals surface area (Å²) in [5.74, 6) is -0.187. The van der Waals surface area contributed by atoms with Gasteiger partial charge in [0.05, 0.1) is 0 Å². The number of nitrogens with one attached hydrogen (secondary N) is 1. The van der Waals surface area contributed by atoms with E-state index in [0.717, 1.165) is 57.8 Å². The first kappa shape index (κ1) is 27.0. The lowest BCUT2D eigenvalue weighted by molar-refractivity contribution is -0.148. The third kappa shape index (κ3) is 7.42. The van der Waals surface area contributed by atoms with Gasteiger partial charge in [-0.05, 0) is 49.5 Å². The average Bonchev–Trinajstić information content (AvgIpc) is 2.87. The molecule has 0 spiro atoms. The molecule has 2 aliphatic rings. The number of carbonyl (C=O) groups excluding carboxylic acids is 3. The molecule has 0 bridgehead atoms. The van der Waals surface area contributed by atoms with E-state index in [1.165, 1.54) is 18.9 Å². The molecule has 0 unspecified atom stereocenters. The molecule has 1 fully saturated rings. The number of hydrogen-bond acceptors (Lipinski definition) is 3. The molecule has 1 aliphatic heterocycles. The van der Waals surface area contributed by atoms with Gasteiger partial charge < -0.3 is 15.1 Å². The van der Waals surface area contributed by atoms with Crippen LogP contribution in [0.25, 0.3) is 0 Å². The molecule has 6 nitrogen and oxygen atoms in total. The molecule has 1 aromatic rings. The first-order valence-electron chi connectivity index (χ1n) is 13.5. The highest BCUT2D eigenvalue weighted by Gasteiger charge is 2.42. The summed E-state index contributed by atoms with van der Waals surface area (Å²) < 4.78 is 0. The second-order valence-corrected chi connectivity index (χ2v) is 10.3. The molecule has 0 radical (unpaired) electrons. The number of benzene rings is 1. The molecule has 0 aromatic heterocycles. The van der Waals surface area contributed by atoms with Crippen LogP contribution in [0.15, 0.2) is 42.7 Å². The number of amides is 3.